The molecule has 0 bridgehead atoms. The Bertz CT molecular complexity index is 327. The Labute approximate surface area is 81.2 Å². The Balaban J connectivity index is 2.43. The van der Waals surface area contributed by atoms with Gasteiger partial charge in [-0.1, -0.05) is 15.9 Å². The number of ether oxygens (including phenoxy) is 2. The van der Waals surface area contributed by atoms with Crippen LogP contribution in [-0.2, 0) is 0 Å². The number of rotatable bonds is 0. The van der Waals surface area contributed by atoms with Crippen LogP contribution in [0, 0.1) is 0 Å². The van der Waals surface area contributed by atoms with Crippen LogP contribution in [0.15, 0.2) is 22.7 Å². The highest BCUT2D eigenvalue weighted by atomic mass is 79.9. The van der Waals surface area contributed by atoms with Crippen LogP contribution in [0.3, 0.4) is 0 Å². The van der Waals surface area contributed by atoms with Gasteiger partial charge in [-0.3, -0.25) is 0 Å². The average Bonchev–Trinajstić information content (AvgIpc) is 2.21. The fourth-order valence-corrected chi connectivity index (χ4v) is 1.35. The summed E-state index contributed by atoms with van der Waals surface area (Å²) in [7, 11) is 10.8. The standard InChI is InChI=1S/C7H3B2BrO2/c8-7(9)11-5-2-1-4(10)3-6(5)12-7/h1-3H. The maximum Gasteiger partial charge on any atom is 0.175 e. The minimum Gasteiger partial charge on any atom is -0.468 e. The first-order valence-electron chi connectivity index (χ1n) is 3.32. The highest BCUT2D eigenvalue weighted by molar-refractivity contribution is 9.10. The first kappa shape index (κ1) is 8.05. The molecule has 0 fully saturated rings. The second kappa shape index (κ2) is 2.46. The third kappa shape index (κ3) is 1.33. The lowest BCUT2D eigenvalue weighted by molar-refractivity contribution is 0.0833. The third-order valence-corrected chi connectivity index (χ3v) is 1.94. The molecule has 12 heavy (non-hydrogen) atoms. The monoisotopic (exact) mass is 220 g/mol. The minimum atomic E-state index is -1.52. The van der Waals surface area contributed by atoms with Gasteiger partial charge in [-0.25, -0.2) is 0 Å². The van der Waals surface area contributed by atoms with E-state index < -0.39 is 5.59 Å². The number of halogens is 1. The Morgan fingerprint density at radius 2 is 1.83 bits per heavy atom. The summed E-state index contributed by atoms with van der Waals surface area (Å²) in [5, 5.41) is 0. The molecule has 1 aliphatic rings. The van der Waals surface area contributed by atoms with Crippen molar-refractivity contribution in [2.24, 2.45) is 0 Å². The summed E-state index contributed by atoms with van der Waals surface area (Å²) in [4.78, 5) is 0. The zero-order valence-corrected chi connectivity index (χ0v) is 7.67. The SMILES string of the molecule is [B]C1([B])Oc2ccc(Br)cc2O1. The van der Waals surface area contributed by atoms with Crippen LogP contribution < -0.4 is 9.47 Å². The minimum absolute atomic E-state index is 0.550. The topological polar surface area (TPSA) is 18.5 Å². The molecule has 0 saturated carbocycles. The van der Waals surface area contributed by atoms with Crippen molar-refractivity contribution >= 4 is 31.6 Å². The van der Waals surface area contributed by atoms with Gasteiger partial charge in [-0.2, -0.15) is 0 Å². The Hall–Kier alpha value is -0.570. The normalized spacial score (nSPS) is 17.8. The molecule has 1 heterocycles. The van der Waals surface area contributed by atoms with Crippen molar-refractivity contribution in [1.82, 2.24) is 0 Å². The Kier molecular flexibility index (Phi) is 1.65. The van der Waals surface area contributed by atoms with Gasteiger partial charge >= 0.3 is 0 Å². The Morgan fingerprint density at radius 1 is 1.17 bits per heavy atom. The molecule has 0 saturated heterocycles. The quantitative estimate of drug-likeness (QED) is 0.611. The molecule has 0 amide bonds. The summed E-state index contributed by atoms with van der Waals surface area (Å²) < 4.78 is 11.0. The summed E-state index contributed by atoms with van der Waals surface area (Å²) >= 11 is 3.29. The molecule has 0 spiro atoms. The second-order valence-corrected chi connectivity index (χ2v) is 3.43. The van der Waals surface area contributed by atoms with E-state index in [-0.39, 0.29) is 0 Å². The largest absolute Gasteiger partial charge is 0.468 e. The molecular weight excluding hydrogens is 218 g/mol. The predicted octanol–water partition coefficient (Wildman–Crippen LogP) is 1.17. The van der Waals surface area contributed by atoms with Crippen LogP contribution in [0.2, 0.25) is 0 Å². The molecule has 0 unspecified atom stereocenters. The van der Waals surface area contributed by atoms with Crippen molar-refractivity contribution in [3.63, 3.8) is 0 Å². The lowest BCUT2D eigenvalue weighted by Crippen LogP contribution is -2.39. The first-order chi connectivity index (χ1) is 5.57. The lowest BCUT2D eigenvalue weighted by atomic mass is 9.76. The van der Waals surface area contributed by atoms with Crippen molar-refractivity contribution in [2.75, 3.05) is 0 Å². The van der Waals surface area contributed by atoms with E-state index in [4.69, 9.17) is 25.2 Å². The van der Waals surface area contributed by atoms with E-state index >= 15 is 0 Å². The summed E-state index contributed by atoms with van der Waals surface area (Å²) in [5.74, 6) is 1.11. The fraction of sp³-hybridized carbons (Fsp3) is 0.143. The van der Waals surface area contributed by atoms with E-state index in [9.17, 15) is 0 Å². The number of fused-ring (bicyclic) bond motifs is 1. The summed E-state index contributed by atoms with van der Waals surface area (Å²) in [5.41, 5.74) is -1.52. The van der Waals surface area contributed by atoms with Gasteiger partial charge in [0.15, 0.2) is 32.8 Å². The maximum absolute atomic E-state index is 5.40. The summed E-state index contributed by atoms with van der Waals surface area (Å²) in [6, 6.07) is 5.31. The predicted molar refractivity (Wildman–Crippen MR) is 49.6 cm³/mol. The van der Waals surface area contributed by atoms with Gasteiger partial charge in [0.2, 0.25) is 0 Å². The number of hydrogen-bond acceptors (Lipinski definition) is 2. The van der Waals surface area contributed by atoms with E-state index in [0.717, 1.165) is 4.47 Å². The Morgan fingerprint density at radius 3 is 2.58 bits per heavy atom. The lowest BCUT2D eigenvalue weighted by Gasteiger charge is -2.18. The van der Waals surface area contributed by atoms with Gasteiger partial charge in [-0.15, -0.1) is 0 Å². The summed E-state index contributed by atoms with van der Waals surface area (Å²) in [6.07, 6.45) is 0. The van der Waals surface area contributed by atoms with Crippen LogP contribution in [-0.4, -0.2) is 21.3 Å². The molecule has 1 aliphatic heterocycles. The average molecular weight is 221 g/mol. The van der Waals surface area contributed by atoms with Crippen LogP contribution in [0.25, 0.3) is 0 Å². The molecule has 2 rings (SSSR count). The molecule has 4 radical (unpaired) electrons. The molecule has 0 aromatic heterocycles. The van der Waals surface area contributed by atoms with Crippen LogP contribution in [0.1, 0.15) is 0 Å². The van der Waals surface area contributed by atoms with E-state index in [1.165, 1.54) is 0 Å². The molecule has 0 atom stereocenters. The van der Waals surface area contributed by atoms with Gasteiger partial charge in [0.05, 0.1) is 0 Å². The molecular formula is C7H3B2BrO2. The molecule has 5 heteroatoms. The number of hydrogen-bond donors (Lipinski definition) is 0. The van der Waals surface area contributed by atoms with Crippen molar-refractivity contribution < 1.29 is 9.47 Å². The highest BCUT2D eigenvalue weighted by Crippen LogP contribution is 2.38. The molecule has 1 aromatic rings. The molecule has 1 aromatic carbocycles. The van der Waals surface area contributed by atoms with Crippen molar-refractivity contribution in [2.45, 2.75) is 5.59 Å². The third-order valence-electron chi connectivity index (χ3n) is 1.44. The van der Waals surface area contributed by atoms with E-state index in [1.807, 2.05) is 6.07 Å². The van der Waals surface area contributed by atoms with Crippen molar-refractivity contribution in [3.05, 3.63) is 22.7 Å². The van der Waals surface area contributed by atoms with Crippen LogP contribution in [0.5, 0.6) is 11.5 Å². The van der Waals surface area contributed by atoms with Gasteiger partial charge in [-0.05, 0) is 18.2 Å². The van der Waals surface area contributed by atoms with Gasteiger partial charge in [0, 0.05) is 4.47 Å². The molecule has 2 nitrogen and oxygen atoms in total. The van der Waals surface area contributed by atoms with E-state index in [1.54, 1.807) is 12.1 Å². The zero-order chi connectivity index (χ0) is 8.77. The van der Waals surface area contributed by atoms with E-state index in [2.05, 4.69) is 15.9 Å². The van der Waals surface area contributed by atoms with Crippen LogP contribution in [0.4, 0.5) is 0 Å². The number of benzene rings is 1. The summed E-state index contributed by atoms with van der Waals surface area (Å²) in [6.45, 7) is 0. The molecule has 56 valence electrons. The first-order valence-corrected chi connectivity index (χ1v) is 4.11. The van der Waals surface area contributed by atoms with E-state index in [0.29, 0.717) is 11.5 Å². The van der Waals surface area contributed by atoms with Crippen molar-refractivity contribution in [1.29, 1.82) is 0 Å². The fourth-order valence-electron chi connectivity index (χ4n) is 1.01. The maximum atomic E-state index is 5.40. The molecule has 0 N–H and O–H groups in total. The van der Waals surface area contributed by atoms with Gasteiger partial charge < -0.3 is 9.47 Å². The van der Waals surface area contributed by atoms with Crippen molar-refractivity contribution in [3.8, 4) is 11.5 Å². The zero-order valence-electron chi connectivity index (χ0n) is 6.08. The smallest absolute Gasteiger partial charge is 0.175 e. The molecule has 0 aliphatic carbocycles. The van der Waals surface area contributed by atoms with Crippen LogP contribution >= 0.6 is 15.9 Å². The second-order valence-electron chi connectivity index (χ2n) is 2.52. The van der Waals surface area contributed by atoms with Gasteiger partial charge in [0.25, 0.3) is 0 Å². The highest BCUT2D eigenvalue weighted by Gasteiger charge is 2.29. The van der Waals surface area contributed by atoms with Gasteiger partial charge in [0.1, 0.15) is 0 Å².